The molecule has 0 saturated carbocycles. The van der Waals surface area contributed by atoms with Crippen LogP contribution in [0.15, 0.2) is 18.5 Å². The summed E-state index contributed by atoms with van der Waals surface area (Å²) in [4.78, 5) is 8.80. The molecular weight excluding hydrogens is 200 g/mol. The van der Waals surface area contributed by atoms with Crippen LogP contribution in [0.4, 0.5) is 0 Å². The van der Waals surface area contributed by atoms with Gasteiger partial charge in [0.05, 0.1) is 11.4 Å². The van der Waals surface area contributed by atoms with Crippen molar-refractivity contribution >= 4 is 5.78 Å². The van der Waals surface area contributed by atoms with E-state index in [0.29, 0.717) is 5.92 Å². The first-order chi connectivity index (χ1) is 7.86. The molecule has 1 aliphatic heterocycles. The summed E-state index contributed by atoms with van der Waals surface area (Å²) in [5.41, 5.74) is 2.45. The highest BCUT2D eigenvalue weighted by Crippen LogP contribution is 2.26. The van der Waals surface area contributed by atoms with Crippen molar-refractivity contribution in [3.05, 3.63) is 29.8 Å². The molecule has 3 heterocycles. The third kappa shape index (κ3) is 1.50. The van der Waals surface area contributed by atoms with Gasteiger partial charge in [-0.15, -0.1) is 0 Å². The van der Waals surface area contributed by atoms with Crippen LogP contribution in [0, 0.1) is 6.92 Å². The maximum atomic E-state index is 4.51. The predicted molar refractivity (Wildman–Crippen MR) is 62.6 cm³/mol. The lowest BCUT2D eigenvalue weighted by atomic mass is 9.95. The molecule has 1 saturated heterocycles. The SMILES string of the molecule is Cc1nc2ncccn2c1C1CCCNC1. The van der Waals surface area contributed by atoms with Crippen molar-refractivity contribution in [1.29, 1.82) is 0 Å². The van der Waals surface area contributed by atoms with E-state index in [1.54, 1.807) is 6.20 Å². The number of nitrogens with zero attached hydrogens (tertiary/aromatic N) is 3. The maximum absolute atomic E-state index is 4.51. The van der Waals surface area contributed by atoms with Crippen molar-refractivity contribution in [3.63, 3.8) is 0 Å². The average Bonchev–Trinajstić information content (AvgIpc) is 2.66. The summed E-state index contributed by atoms with van der Waals surface area (Å²) >= 11 is 0. The molecule has 4 nitrogen and oxygen atoms in total. The zero-order chi connectivity index (χ0) is 11.0. The standard InChI is InChI=1S/C12H16N4/c1-9-11(10-4-2-5-13-8-10)16-7-3-6-14-12(16)15-9/h3,6-7,10,13H,2,4-5,8H2,1H3. The minimum atomic E-state index is 0.577. The second-order valence-electron chi connectivity index (χ2n) is 4.42. The maximum Gasteiger partial charge on any atom is 0.234 e. The summed E-state index contributed by atoms with van der Waals surface area (Å²) in [6.45, 7) is 4.28. The molecule has 0 bridgehead atoms. The quantitative estimate of drug-likeness (QED) is 0.785. The first kappa shape index (κ1) is 9.78. The molecule has 1 N–H and O–H groups in total. The first-order valence-electron chi connectivity index (χ1n) is 5.86. The van der Waals surface area contributed by atoms with Gasteiger partial charge in [-0.3, -0.25) is 4.40 Å². The molecule has 0 aromatic carbocycles. The molecular formula is C12H16N4. The van der Waals surface area contributed by atoms with Crippen LogP contribution in [-0.2, 0) is 0 Å². The van der Waals surface area contributed by atoms with E-state index in [0.717, 1.165) is 24.6 Å². The minimum Gasteiger partial charge on any atom is -0.316 e. The summed E-state index contributed by atoms with van der Waals surface area (Å²) in [7, 11) is 0. The molecule has 1 aliphatic rings. The van der Waals surface area contributed by atoms with E-state index in [1.807, 2.05) is 6.07 Å². The van der Waals surface area contributed by atoms with Gasteiger partial charge in [0.15, 0.2) is 0 Å². The van der Waals surface area contributed by atoms with Gasteiger partial charge in [0.1, 0.15) is 0 Å². The number of nitrogens with one attached hydrogen (secondary N) is 1. The van der Waals surface area contributed by atoms with Crippen molar-refractivity contribution in [2.45, 2.75) is 25.7 Å². The molecule has 0 aliphatic carbocycles. The van der Waals surface area contributed by atoms with Crippen LogP contribution >= 0.6 is 0 Å². The number of hydrogen-bond acceptors (Lipinski definition) is 3. The Morgan fingerprint density at radius 3 is 3.25 bits per heavy atom. The molecule has 16 heavy (non-hydrogen) atoms. The van der Waals surface area contributed by atoms with E-state index >= 15 is 0 Å². The highest BCUT2D eigenvalue weighted by molar-refractivity contribution is 5.36. The smallest absolute Gasteiger partial charge is 0.234 e. The van der Waals surface area contributed by atoms with Gasteiger partial charge >= 0.3 is 0 Å². The van der Waals surface area contributed by atoms with Crippen LogP contribution in [0.1, 0.15) is 30.1 Å². The number of rotatable bonds is 1. The second-order valence-corrected chi connectivity index (χ2v) is 4.42. The largest absolute Gasteiger partial charge is 0.316 e. The molecule has 1 atom stereocenters. The van der Waals surface area contributed by atoms with E-state index in [1.165, 1.54) is 18.5 Å². The fourth-order valence-electron chi connectivity index (χ4n) is 2.59. The third-order valence-electron chi connectivity index (χ3n) is 3.31. The molecule has 0 amide bonds. The van der Waals surface area contributed by atoms with Gasteiger partial charge in [-0.25, -0.2) is 9.97 Å². The number of aryl methyl sites for hydroxylation is 1. The predicted octanol–water partition coefficient (Wildman–Crippen LogP) is 1.50. The Labute approximate surface area is 94.7 Å². The highest BCUT2D eigenvalue weighted by Gasteiger charge is 2.21. The molecule has 1 unspecified atom stereocenters. The number of aromatic nitrogens is 3. The monoisotopic (exact) mass is 216 g/mol. The number of fused-ring (bicyclic) bond motifs is 1. The Balaban J connectivity index is 2.10. The molecule has 3 rings (SSSR count). The van der Waals surface area contributed by atoms with Gasteiger partial charge in [0, 0.05) is 24.9 Å². The Morgan fingerprint density at radius 1 is 1.50 bits per heavy atom. The van der Waals surface area contributed by atoms with Gasteiger partial charge in [0.25, 0.3) is 0 Å². The van der Waals surface area contributed by atoms with Gasteiger partial charge in [-0.05, 0) is 32.4 Å². The average molecular weight is 216 g/mol. The van der Waals surface area contributed by atoms with Crippen molar-refractivity contribution in [1.82, 2.24) is 19.7 Å². The second kappa shape index (κ2) is 3.87. The van der Waals surface area contributed by atoms with E-state index in [9.17, 15) is 0 Å². The lowest BCUT2D eigenvalue weighted by Crippen LogP contribution is -2.29. The minimum absolute atomic E-state index is 0.577. The lowest BCUT2D eigenvalue weighted by molar-refractivity contribution is 0.451. The topological polar surface area (TPSA) is 42.2 Å². The fraction of sp³-hybridized carbons (Fsp3) is 0.500. The number of hydrogen-bond donors (Lipinski definition) is 1. The molecule has 1 fully saturated rings. The van der Waals surface area contributed by atoms with Crippen molar-refractivity contribution in [2.75, 3.05) is 13.1 Å². The third-order valence-corrected chi connectivity index (χ3v) is 3.31. The molecule has 4 heteroatoms. The Morgan fingerprint density at radius 2 is 2.44 bits per heavy atom. The van der Waals surface area contributed by atoms with E-state index < -0.39 is 0 Å². The van der Waals surface area contributed by atoms with Crippen LogP contribution < -0.4 is 5.32 Å². The zero-order valence-electron chi connectivity index (χ0n) is 9.48. The Hall–Kier alpha value is -1.42. The van der Waals surface area contributed by atoms with Gasteiger partial charge in [-0.2, -0.15) is 0 Å². The normalized spacial score (nSPS) is 21.4. The van der Waals surface area contributed by atoms with Crippen LogP contribution in [0.25, 0.3) is 5.78 Å². The van der Waals surface area contributed by atoms with Crippen LogP contribution in [0.2, 0.25) is 0 Å². The van der Waals surface area contributed by atoms with Crippen LogP contribution in [-0.4, -0.2) is 27.5 Å². The van der Waals surface area contributed by atoms with Gasteiger partial charge in [0.2, 0.25) is 5.78 Å². The van der Waals surface area contributed by atoms with Crippen molar-refractivity contribution in [2.24, 2.45) is 0 Å². The summed E-state index contributed by atoms with van der Waals surface area (Å²) in [6, 6.07) is 1.97. The van der Waals surface area contributed by atoms with E-state index in [2.05, 4.69) is 32.8 Å². The highest BCUT2D eigenvalue weighted by atomic mass is 15.1. The van der Waals surface area contributed by atoms with E-state index in [-0.39, 0.29) is 0 Å². The Bertz CT molecular complexity index is 497. The molecule has 0 radical (unpaired) electrons. The zero-order valence-corrected chi connectivity index (χ0v) is 9.48. The first-order valence-corrected chi connectivity index (χ1v) is 5.86. The Kier molecular flexibility index (Phi) is 2.36. The van der Waals surface area contributed by atoms with Gasteiger partial charge in [-0.1, -0.05) is 0 Å². The molecule has 0 spiro atoms. The number of piperidine rings is 1. The summed E-state index contributed by atoms with van der Waals surface area (Å²) in [5, 5.41) is 3.45. The number of imidazole rings is 1. The van der Waals surface area contributed by atoms with Crippen molar-refractivity contribution < 1.29 is 0 Å². The molecule has 2 aromatic rings. The molecule has 84 valence electrons. The van der Waals surface area contributed by atoms with Crippen molar-refractivity contribution in [3.8, 4) is 0 Å². The summed E-state index contributed by atoms with van der Waals surface area (Å²) < 4.78 is 2.13. The fourth-order valence-corrected chi connectivity index (χ4v) is 2.59. The lowest BCUT2D eigenvalue weighted by Gasteiger charge is -2.23. The molecule has 2 aromatic heterocycles. The van der Waals surface area contributed by atoms with Gasteiger partial charge < -0.3 is 5.32 Å². The van der Waals surface area contributed by atoms with E-state index in [4.69, 9.17) is 0 Å². The summed E-state index contributed by atoms with van der Waals surface area (Å²) in [5.74, 6) is 1.40. The summed E-state index contributed by atoms with van der Waals surface area (Å²) in [6.07, 6.45) is 6.35. The van der Waals surface area contributed by atoms with Crippen LogP contribution in [0.3, 0.4) is 0 Å². The van der Waals surface area contributed by atoms with Crippen LogP contribution in [0.5, 0.6) is 0 Å².